The number of rotatable bonds is 4. The van der Waals surface area contributed by atoms with Crippen molar-refractivity contribution < 1.29 is 15.6 Å². The van der Waals surface area contributed by atoms with Crippen LogP contribution in [0.25, 0.3) is 0 Å². The first-order valence-electron chi connectivity index (χ1n) is 3.25. The molecule has 0 rings (SSSR count). The van der Waals surface area contributed by atoms with Crippen molar-refractivity contribution in [2.24, 2.45) is 0 Å². The van der Waals surface area contributed by atoms with E-state index in [1.165, 1.54) is 0 Å². The van der Waals surface area contributed by atoms with Crippen LogP contribution in [0, 0.1) is 0 Å². The summed E-state index contributed by atoms with van der Waals surface area (Å²) in [6.45, 7) is 4.81. The molecule has 0 saturated heterocycles. The Morgan fingerprint density at radius 2 is 2.11 bits per heavy atom. The van der Waals surface area contributed by atoms with Crippen LogP contribution in [0.15, 0.2) is 0 Å². The molecule has 0 spiro atoms. The average molecular weight is 134 g/mol. The number of ether oxygens (including phenoxy) is 1. The van der Waals surface area contributed by atoms with E-state index in [4.69, 9.17) is 9.84 Å². The van der Waals surface area contributed by atoms with E-state index in [0.29, 0.717) is 13.2 Å². The van der Waals surface area contributed by atoms with Crippen LogP contribution in [0.1, 0.15) is 13.8 Å². The highest BCUT2D eigenvalue weighted by atomic mass is 16.5. The molecule has 0 aromatic rings. The summed E-state index contributed by atoms with van der Waals surface area (Å²) < 4.78 is 5.10. The largest absolute Gasteiger partial charge is 0.385 e. The lowest BCUT2D eigenvalue weighted by molar-refractivity contribution is -0.385. The van der Waals surface area contributed by atoms with Crippen LogP contribution >= 0.6 is 0 Å². The lowest BCUT2D eigenvalue weighted by Gasteiger charge is -2.09. The first-order chi connectivity index (χ1) is 4.16. The minimum Gasteiger partial charge on any atom is -0.385 e. The van der Waals surface area contributed by atoms with Gasteiger partial charge in [0.2, 0.25) is 0 Å². The van der Waals surface area contributed by atoms with Crippen molar-refractivity contribution in [3.8, 4) is 0 Å². The molecule has 0 aliphatic heterocycles. The summed E-state index contributed by atoms with van der Waals surface area (Å²) in [5, 5.41) is 8.92. The number of aliphatic hydroxyl groups excluding tert-OH is 1. The van der Waals surface area contributed by atoms with Crippen molar-refractivity contribution in [2.45, 2.75) is 26.1 Å². The second-order valence-electron chi connectivity index (χ2n) is 2.32. The summed E-state index contributed by atoms with van der Waals surface area (Å²) in [4.78, 5) is 0. The summed E-state index contributed by atoms with van der Waals surface area (Å²) in [7, 11) is 0. The quantitative estimate of drug-likeness (QED) is 0.519. The van der Waals surface area contributed by atoms with E-state index < -0.39 is 6.10 Å². The van der Waals surface area contributed by atoms with Gasteiger partial charge >= 0.3 is 0 Å². The SMILES string of the molecule is CC(C)OC[C@H](O)C[NH3+]. The number of hydrogen-bond acceptors (Lipinski definition) is 2. The van der Waals surface area contributed by atoms with Crippen LogP contribution < -0.4 is 5.73 Å². The Balaban J connectivity index is 3.06. The third kappa shape index (κ3) is 5.76. The molecule has 0 unspecified atom stereocenters. The molecule has 0 heterocycles. The van der Waals surface area contributed by atoms with Crippen LogP contribution in [0.3, 0.4) is 0 Å². The molecule has 0 aliphatic carbocycles. The van der Waals surface area contributed by atoms with Gasteiger partial charge in [-0.25, -0.2) is 0 Å². The topological polar surface area (TPSA) is 57.1 Å². The van der Waals surface area contributed by atoms with E-state index in [1.54, 1.807) is 0 Å². The van der Waals surface area contributed by atoms with Crippen molar-refractivity contribution in [3.63, 3.8) is 0 Å². The second-order valence-corrected chi connectivity index (χ2v) is 2.32. The van der Waals surface area contributed by atoms with Crippen molar-refractivity contribution in [1.29, 1.82) is 0 Å². The second kappa shape index (κ2) is 4.73. The van der Waals surface area contributed by atoms with E-state index >= 15 is 0 Å². The van der Waals surface area contributed by atoms with Crippen molar-refractivity contribution in [1.82, 2.24) is 0 Å². The van der Waals surface area contributed by atoms with E-state index in [-0.39, 0.29) is 6.10 Å². The molecular formula is C6H16NO2+. The predicted molar refractivity (Wildman–Crippen MR) is 34.8 cm³/mol. The van der Waals surface area contributed by atoms with Gasteiger partial charge in [-0.3, -0.25) is 0 Å². The third-order valence-electron chi connectivity index (χ3n) is 0.955. The standard InChI is InChI=1S/C6H15NO2/c1-5(2)9-4-6(8)3-7/h5-6,8H,3-4,7H2,1-2H3/p+1/t6-/m1/s1. The van der Waals surface area contributed by atoms with Gasteiger partial charge in [0.1, 0.15) is 12.6 Å². The molecule has 4 N–H and O–H groups in total. The number of hydrogen-bond donors (Lipinski definition) is 2. The van der Waals surface area contributed by atoms with Crippen molar-refractivity contribution in [2.75, 3.05) is 13.2 Å². The molecule has 56 valence electrons. The van der Waals surface area contributed by atoms with Gasteiger partial charge in [-0.15, -0.1) is 0 Å². The highest BCUT2D eigenvalue weighted by molar-refractivity contribution is 4.48. The van der Waals surface area contributed by atoms with E-state index in [0.717, 1.165) is 0 Å². The van der Waals surface area contributed by atoms with Gasteiger partial charge < -0.3 is 15.6 Å². The van der Waals surface area contributed by atoms with Crippen LogP contribution in [0.2, 0.25) is 0 Å². The Morgan fingerprint density at radius 3 is 2.44 bits per heavy atom. The van der Waals surface area contributed by atoms with Gasteiger partial charge in [-0.05, 0) is 13.8 Å². The minimum absolute atomic E-state index is 0.200. The number of quaternary nitrogens is 1. The molecule has 0 fully saturated rings. The zero-order valence-electron chi connectivity index (χ0n) is 6.13. The minimum atomic E-state index is -0.396. The maximum Gasteiger partial charge on any atom is 0.126 e. The van der Waals surface area contributed by atoms with Gasteiger partial charge in [0.25, 0.3) is 0 Å². The van der Waals surface area contributed by atoms with Crippen molar-refractivity contribution >= 4 is 0 Å². The maximum atomic E-state index is 8.92. The third-order valence-corrected chi connectivity index (χ3v) is 0.955. The lowest BCUT2D eigenvalue weighted by Crippen LogP contribution is -2.56. The fourth-order valence-corrected chi connectivity index (χ4v) is 0.387. The Kier molecular flexibility index (Phi) is 4.67. The smallest absolute Gasteiger partial charge is 0.126 e. The van der Waals surface area contributed by atoms with E-state index in [1.807, 2.05) is 13.8 Å². The molecule has 0 aromatic heterocycles. The fourth-order valence-electron chi connectivity index (χ4n) is 0.387. The molecule has 9 heavy (non-hydrogen) atoms. The van der Waals surface area contributed by atoms with Crippen LogP contribution in [0.5, 0.6) is 0 Å². The zero-order chi connectivity index (χ0) is 7.28. The van der Waals surface area contributed by atoms with Gasteiger partial charge in [-0.2, -0.15) is 0 Å². The van der Waals surface area contributed by atoms with Crippen LogP contribution in [0.4, 0.5) is 0 Å². The molecule has 0 radical (unpaired) electrons. The summed E-state index contributed by atoms with van der Waals surface area (Å²) in [5.74, 6) is 0. The molecule has 1 atom stereocenters. The zero-order valence-corrected chi connectivity index (χ0v) is 6.13. The Morgan fingerprint density at radius 1 is 1.56 bits per heavy atom. The van der Waals surface area contributed by atoms with Gasteiger partial charge in [0, 0.05) is 0 Å². The Labute approximate surface area is 55.8 Å². The normalized spacial score (nSPS) is 14.3. The molecule has 3 nitrogen and oxygen atoms in total. The van der Waals surface area contributed by atoms with Gasteiger partial charge in [-0.1, -0.05) is 0 Å². The summed E-state index contributed by atoms with van der Waals surface area (Å²) >= 11 is 0. The van der Waals surface area contributed by atoms with Gasteiger partial charge in [0.15, 0.2) is 0 Å². The van der Waals surface area contributed by atoms with E-state index in [9.17, 15) is 0 Å². The summed E-state index contributed by atoms with van der Waals surface area (Å²) in [6, 6.07) is 0. The first-order valence-corrected chi connectivity index (χ1v) is 3.25. The first kappa shape index (κ1) is 8.88. The molecule has 0 bridgehead atoms. The molecule has 0 aliphatic rings. The summed E-state index contributed by atoms with van der Waals surface area (Å²) in [5.41, 5.74) is 3.53. The maximum absolute atomic E-state index is 8.92. The molecule has 0 amide bonds. The Hall–Kier alpha value is -0.120. The van der Waals surface area contributed by atoms with Crippen molar-refractivity contribution in [3.05, 3.63) is 0 Å². The highest BCUT2D eigenvalue weighted by Gasteiger charge is 2.03. The van der Waals surface area contributed by atoms with E-state index in [2.05, 4.69) is 5.73 Å². The predicted octanol–water partition coefficient (Wildman–Crippen LogP) is -0.986. The van der Waals surface area contributed by atoms with Gasteiger partial charge in [0.05, 0.1) is 12.7 Å². The molecule has 3 heteroatoms. The Bertz CT molecular complexity index is 66.1. The monoisotopic (exact) mass is 134 g/mol. The number of aliphatic hydroxyl groups is 1. The van der Waals surface area contributed by atoms with Crippen LogP contribution in [-0.4, -0.2) is 30.5 Å². The average Bonchev–Trinajstić information content (AvgIpc) is 1.83. The molecule has 0 aromatic carbocycles. The summed E-state index contributed by atoms with van der Waals surface area (Å²) in [6.07, 6.45) is -0.196. The highest BCUT2D eigenvalue weighted by Crippen LogP contribution is 1.88. The lowest BCUT2D eigenvalue weighted by atomic mass is 10.4. The van der Waals surface area contributed by atoms with Crippen LogP contribution in [-0.2, 0) is 4.74 Å². The molecular weight excluding hydrogens is 118 g/mol. The fraction of sp³-hybridized carbons (Fsp3) is 1.00. The molecule has 0 saturated carbocycles.